The van der Waals surface area contributed by atoms with E-state index in [2.05, 4.69) is 31.9 Å². The lowest BCUT2D eigenvalue weighted by atomic mass is 9.90. The molecule has 7 heteroatoms. The van der Waals surface area contributed by atoms with E-state index in [0.717, 1.165) is 0 Å². The summed E-state index contributed by atoms with van der Waals surface area (Å²) >= 11 is 6.51. The summed E-state index contributed by atoms with van der Waals surface area (Å²) in [4.78, 5) is 23.3. The third-order valence-electron chi connectivity index (χ3n) is 3.64. The van der Waals surface area contributed by atoms with Gasteiger partial charge >= 0.3 is 5.97 Å². The van der Waals surface area contributed by atoms with E-state index in [-0.39, 0.29) is 25.2 Å². The second-order valence-corrected chi connectivity index (χ2v) is 7.98. The fourth-order valence-electron chi connectivity index (χ4n) is 2.09. The Labute approximate surface area is 147 Å². The van der Waals surface area contributed by atoms with Crippen LogP contribution >= 0.6 is 31.9 Å². The Morgan fingerprint density at radius 3 is 2.55 bits per heavy atom. The van der Waals surface area contributed by atoms with Crippen LogP contribution in [0.3, 0.4) is 0 Å². The highest BCUT2D eigenvalue weighted by Crippen LogP contribution is 2.27. The van der Waals surface area contributed by atoms with Gasteiger partial charge in [0.25, 0.3) is 0 Å². The zero-order valence-corrected chi connectivity index (χ0v) is 15.9. The first-order chi connectivity index (χ1) is 10.1. The summed E-state index contributed by atoms with van der Waals surface area (Å²) < 4.78 is 5.58. The molecule has 3 atom stereocenters. The highest BCUT2D eigenvalue weighted by molar-refractivity contribution is 9.11. The zero-order chi connectivity index (χ0) is 17.0. The number of halogens is 2. The molecular weight excluding hydrogens is 420 g/mol. The molecule has 5 nitrogen and oxygen atoms in total. The molecule has 1 aliphatic rings. The van der Waals surface area contributed by atoms with E-state index >= 15 is 0 Å². The largest absolute Gasteiger partial charge is 0.462 e. The number of Topliss-reactive ketones (excluding diaryl/α,β-unsaturated/α-hetero) is 1. The van der Waals surface area contributed by atoms with E-state index in [9.17, 15) is 19.8 Å². The van der Waals surface area contributed by atoms with Crippen LogP contribution in [0.2, 0.25) is 0 Å². The van der Waals surface area contributed by atoms with Crippen LogP contribution in [0.4, 0.5) is 0 Å². The zero-order valence-electron chi connectivity index (χ0n) is 12.8. The minimum absolute atomic E-state index is 0.0369. The van der Waals surface area contributed by atoms with Crippen molar-refractivity contribution in [3.8, 4) is 0 Å². The van der Waals surface area contributed by atoms with Crippen molar-refractivity contribution in [2.75, 3.05) is 6.61 Å². The monoisotopic (exact) mass is 440 g/mol. The first-order valence-corrected chi connectivity index (χ1v) is 8.92. The summed E-state index contributed by atoms with van der Waals surface area (Å²) in [5, 5.41) is 20.5. The molecule has 0 aromatic carbocycles. The van der Waals surface area contributed by atoms with Crippen LogP contribution in [0.25, 0.3) is 0 Å². The molecule has 0 spiro atoms. The number of carbonyl (C=O) groups excluding carboxylic acids is 2. The van der Waals surface area contributed by atoms with Gasteiger partial charge in [-0.05, 0) is 39.5 Å². The number of aliphatic hydroxyl groups is 2. The van der Waals surface area contributed by atoms with Gasteiger partial charge < -0.3 is 14.9 Å². The van der Waals surface area contributed by atoms with Gasteiger partial charge in [0.15, 0.2) is 5.78 Å². The van der Waals surface area contributed by atoms with Gasteiger partial charge in [-0.15, -0.1) is 0 Å². The molecule has 0 bridgehead atoms. The number of ether oxygens (including phenoxy) is 1. The minimum Gasteiger partial charge on any atom is -0.462 e. The third kappa shape index (κ3) is 5.76. The number of cyclic esters (lactones) is 1. The van der Waals surface area contributed by atoms with Crippen molar-refractivity contribution in [1.82, 2.24) is 0 Å². The van der Waals surface area contributed by atoms with Crippen LogP contribution < -0.4 is 0 Å². The van der Waals surface area contributed by atoms with Crippen LogP contribution in [0.5, 0.6) is 0 Å². The molecule has 0 amide bonds. The second kappa shape index (κ2) is 8.04. The van der Waals surface area contributed by atoms with Crippen LogP contribution in [0.1, 0.15) is 46.0 Å². The molecule has 0 fully saturated rings. The molecular formula is C15H22Br2O5. The molecule has 0 radical (unpaired) electrons. The quantitative estimate of drug-likeness (QED) is 0.445. The smallest absolute Gasteiger partial charge is 0.305 e. The minimum atomic E-state index is -1.44. The highest BCUT2D eigenvalue weighted by Gasteiger charge is 2.35. The fourth-order valence-corrected chi connectivity index (χ4v) is 3.16. The molecule has 0 unspecified atom stereocenters. The standard InChI is InChI=1S/C15H22Br2O5/c1-14(20)8-4-3-5-11(17)15(2,21)9-22-12(18)7-6-10(16)13(14)19/h5,10,20-21H,3-4,6-9H2,1-2H3/t10-,14-,15+/m0/s1. The average molecular weight is 442 g/mol. The van der Waals surface area contributed by atoms with Crippen molar-refractivity contribution in [2.24, 2.45) is 0 Å². The first kappa shape index (κ1) is 19.8. The molecule has 0 aromatic rings. The molecule has 2 N–H and O–H groups in total. The van der Waals surface area contributed by atoms with E-state index < -0.39 is 22.0 Å². The summed E-state index contributed by atoms with van der Waals surface area (Å²) in [6, 6.07) is 0. The SMILES string of the molecule is C[C@]1(O)CCCC=C(Br)[C@](C)(O)COC(=O)CC[C@H](Br)C1=O. The number of rotatable bonds is 0. The predicted molar refractivity (Wildman–Crippen MR) is 90.0 cm³/mol. The Bertz CT molecular complexity index is 457. The summed E-state index contributed by atoms with van der Waals surface area (Å²) in [6.45, 7) is 2.89. The molecule has 22 heavy (non-hydrogen) atoms. The lowest BCUT2D eigenvalue weighted by Crippen LogP contribution is -2.40. The Morgan fingerprint density at radius 2 is 1.91 bits per heavy atom. The van der Waals surface area contributed by atoms with Gasteiger partial charge in [-0.3, -0.25) is 9.59 Å². The van der Waals surface area contributed by atoms with Crippen molar-refractivity contribution >= 4 is 43.6 Å². The Hall–Kier alpha value is -0.240. The third-order valence-corrected chi connectivity index (χ3v) is 5.69. The molecule has 1 rings (SSSR count). The summed E-state index contributed by atoms with van der Waals surface area (Å²) in [6.07, 6.45) is 3.55. The lowest BCUT2D eigenvalue weighted by Gasteiger charge is -2.26. The van der Waals surface area contributed by atoms with Gasteiger partial charge in [-0.1, -0.05) is 37.9 Å². The first-order valence-electron chi connectivity index (χ1n) is 7.21. The van der Waals surface area contributed by atoms with E-state index in [4.69, 9.17) is 4.74 Å². The molecule has 126 valence electrons. The Kier molecular flexibility index (Phi) is 7.23. The van der Waals surface area contributed by atoms with E-state index in [1.54, 1.807) is 13.0 Å². The van der Waals surface area contributed by atoms with Gasteiger partial charge in [-0.25, -0.2) is 0 Å². The summed E-state index contributed by atoms with van der Waals surface area (Å²) in [5.74, 6) is -0.818. The van der Waals surface area contributed by atoms with E-state index in [0.29, 0.717) is 23.7 Å². The van der Waals surface area contributed by atoms with E-state index in [1.807, 2.05) is 0 Å². The lowest BCUT2D eigenvalue weighted by molar-refractivity contribution is -0.149. The normalized spacial score (nSPS) is 36.3. The maximum absolute atomic E-state index is 12.2. The maximum atomic E-state index is 12.2. The van der Waals surface area contributed by atoms with Gasteiger partial charge in [0.1, 0.15) is 17.8 Å². The molecule has 1 aliphatic heterocycles. The number of alkyl halides is 1. The van der Waals surface area contributed by atoms with Crippen LogP contribution in [-0.2, 0) is 14.3 Å². The number of hydrogen-bond acceptors (Lipinski definition) is 5. The van der Waals surface area contributed by atoms with Gasteiger partial charge in [0.05, 0.1) is 4.83 Å². The molecule has 0 aromatic heterocycles. The second-order valence-electron chi connectivity index (χ2n) is 6.02. The van der Waals surface area contributed by atoms with Crippen molar-refractivity contribution in [3.63, 3.8) is 0 Å². The number of carbonyl (C=O) groups is 2. The number of hydrogen-bond donors (Lipinski definition) is 2. The summed E-state index contributed by atoms with van der Waals surface area (Å²) in [7, 11) is 0. The van der Waals surface area contributed by atoms with Gasteiger partial charge in [0.2, 0.25) is 0 Å². The van der Waals surface area contributed by atoms with Crippen molar-refractivity contribution in [2.45, 2.75) is 62.0 Å². The van der Waals surface area contributed by atoms with Crippen molar-refractivity contribution < 1.29 is 24.5 Å². The molecule has 1 heterocycles. The maximum Gasteiger partial charge on any atom is 0.305 e. The number of esters is 1. The number of allylic oxidation sites excluding steroid dienone is 1. The number of ketones is 1. The van der Waals surface area contributed by atoms with Crippen molar-refractivity contribution in [1.29, 1.82) is 0 Å². The Morgan fingerprint density at radius 1 is 1.27 bits per heavy atom. The van der Waals surface area contributed by atoms with Gasteiger partial charge in [-0.2, -0.15) is 0 Å². The fraction of sp³-hybridized carbons (Fsp3) is 0.733. The van der Waals surface area contributed by atoms with E-state index in [1.165, 1.54) is 6.92 Å². The molecule has 0 aliphatic carbocycles. The van der Waals surface area contributed by atoms with Crippen LogP contribution in [-0.4, -0.2) is 44.6 Å². The Balaban J connectivity index is 2.90. The van der Waals surface area contributed by atoms with Crippen LogP contribution in [0, 0.1) is 0 Å². The predicted octanol–water partition coefficient (Wildman–Crippen LogP) is 2.61. The molecule has 0 saturated carbocycles. The molecule has 0 saturated heterocycles. The average Bonchev–Trinajstić information content (AvgIpc) is 2.45. The topological polar surface area (TPSA) is 83.8 Å². The summed E-state index contributed by atoms with van der Waals surface area (Å²) in [5.41, 5.74) is -2.73. The van der Waals surface area contributed by atoms with Crippen molar-refractivity contribution in [3.05, 3.63) is 10.6 Å². The highest BCUT2D eigenvalue weighted by atomic mass is 79.9. The van der Waals surface area contributed by atoms with Crippen LogP contribution in [0.15, 0.2) is 10.6 Å². The van der Waals surface area contributed by atoms with Gasteiger partial charge in [0, 0.05) is 10.9 Å².